The maximum absolute atomic E-state index is 14.2. The molecule has 8 heteroatoms. The third kappa shape index (κ3) is 3.23. The quantitative estimate of drug-likeness (QED) is 0.391. The molecule has 7 nitrogen and oxygen atoms in total. The van der Waals surface area contributed by atoms with Crippen molar-refractivity contribution in [2.24, 2.45) is 0 Å². The Morgan fingerprint density at radius 2 is 1.94 bits per heavy atom. The summed E-state index contributed by atoms with van der Waals surface area (Å²) in [6.07, 6.45) is 3.59. The highest BCUT2D eigenvalue weighted by Gasteiger charge is 2.29. The van der Waals surface area contributed by atoms with E-state index in [0.717, 1.165) is 22.4 Å². The minimum atomic E-state index is -0.382. The van der Waals surface area contributed by atoms with Crippen molar-refractivity contribution in [1.82, 2.24) is 19.7 Å². The van der Waals surface area contributed by atoms with Crippen molar-refractivity contribution < 1.29 is 13.5 Å². The number of aromatic nitrogens is 4. The number of nitrogen functional groups attached to an aromatic ring is 1. The first-order chi connectivity index (χ1) is 16.6. The number of rotatable bonds is 4. The van der Waals surface area contributed by atoms with E-state index in [-0.39, 0.29) is 11.9 Å². The highest BCUT2D eigenvalue weighted by atomic mass is 19.1. The third-order valence-electron chi connectivity index (χ3n) is 6.05. The van der Waals surface area contributed by atoms with E-state index >= 15 is 0 Å². The highest BCUT2D eigenvalue weighted by Crippen LogP contribution is 2.41. The van der Waals surface area contributed by atoms with Gasteiger partial charge in [0.25, 0.3) is 0 Å². The molecule has 0 radical (unpaired) electrons. The summed E-state index contributed by atoms with van der Waals surface area (Å²) in [5, 5.41) is 5.43. The first-order valence-electron chi connectivity index (χ1n) is 10.9. The molecule has 3 aromatic heterocycles. The highest BCUT2D eigenvalue weighted by molar-refractivity contribution is 5.97. The lowest BCUT2D eigenvalue weighted by molar-refractivity contribution is 0.338. The summed E-state index contributed by atoms with van der Waals surface area (Å²) >= 11 is 0. The molecule has 1 aliphatic rings. The number of ether oxygens (including phenoxy) is 1. The zero-order valence-electron chi connectivity index (χ0n) is 18.3. The fraction of sp³-hybridized carbons (Fsp3) is 0.115. The third-order valence-corrected chi connectivity index (χ3v) is 6.05. The molecule has 1 aliphatic heterocycles. The van der Waals surface area contributed by atoms with Crippen LogP contribution < -0.4 is 10.5 Å². The minimum absolute atomic E-state index is 0.305. The predicted molar refractivity (Wildman–Crippen MR) is 126 cm³/mol. The molecule has 2 N–H and O–H groups in total. The van der Waals surface area contributed by atoms with E-state index in [0.29, 0.717) is 40.5 Å². The molecule has 34 heavy (non-hydrogen) atoms. The van der Waals surface area contributed by atoms with Crippen LogP contribution >= 0.6 is 0 Å². The molecule has 6 rings (SSSR count). The zero-order chi connectivity index (χ0) is 23.2. The topological polar surface area (TPSA) is 92.0 Å². The number of anilines is 1. The van der Waals surface area contributed by atoms with E-state index in [2.05, 4.69) is 9.97 Å². The van der Waals surface area contributed by atoms with Gasteiger partial charge in [-0.3, -0.25) is 0 Å². The van der Waals surface area contributed by atoms with Gasteiger partial charge in [0.15, 0.2) is 11.4 Å². The van der Waals surface area contributed by atoms with Crippen LogP contribution in [0.2, 0.25) is 0 Å². The molecule has 1 atom stereocenters. The molecule has 0 aliphatic carbocycles. The largest absolute Gasteiger partial charge is 0.463 e. The molecular weight excluding hydrogens is 433 g/mol. The van der Waals surface area contributed by atoms with Gasteiger partial charge in [0.1, 0.15) is 41.2 Å². The summed E-state index contributed by atoms with van der Waals surface area (Å²) in [6, 6.07) is 17.6. The van der Waals surface area contributed by atoms with Crippen LogP contribution in [0.4, 0.5) is 10.2 Å². The molecule has 4 heterocycles. The Balaban J connectivity index is 1.56. The Morgan fingerprint density at radius 1 is 1.06 bits per heavy atom. The number of hydrogen-bond donors (Lipinski definition) is 1. The van der Waals surface area contributed by atoms with Crippen molar-refractivity contribution in [3.8, 4) is 17.2 Å². The number of benzene rings is 2. The van der Waals surface area contributed by atoms with E-state index in [1.165, 1.54) is 18.5 Å². The van der Waals surface area contributed by atoms with E-state index in [4.69, 9.17) is 20.0 Å². The number of hydrogen-bond acceptors (Lipinski definition) is 6. The average molecular weight is 453 g/mol. The summed E-state index contributed by atoms with van der Waals surface area (Å²) in [7, 11) is 0. The van der Waals surface area contributed by atoms with Crippen molar-refractivity contribution in [2.45, 2.75) is 19.4 Å². The molecule has 0 spiro atoms. The van der Waals surface area contributed by atoms with Crippen LogP contribution in [0.15, 0.2) is 83.4 Å². The summed E-state index contributed by atoms with van der Waals surface area (Å²) in [5.41, 5.74) is 10.0. The van der Waals surface area contributed by atoms with Gasteiger partial charge in [0.2, 0.25) is 0 Å². The first-order valence-corrected chi connectivity index (χ1v) is 10.9. The number of nitrogens with two attached hydrogens (primary N) is 1. The lowest BCUT2D eigenvalue weighted by Gasteiger charge is -2.27. The zero-order valence-corrected chi connectivity index (χ0v) is 18.3. The summed E-state index contributed by atoms with van der Waals surface area (Å²) < 4.78 is 27.9. The molecule has 0 saturated heterocycles. The lowest BCUT2D eigenvalue weighted by atomic mass is 9.92. The Bertz CT molecular complexity index is 1560. The second-order valence-electron chi connectivity index (χ2n) is 8.14. The Labute approximate surface area is 194 Å². The Kier molecular flexibility index (Phi) is 4.65. The molecule has 168 valence electrons. The molecule has 2 aromatic carbocycles. The van der Waals surface area contributed by atoms with Crippen LogP contribution in [-0.2, 0) is 6.42 Å². The molecular formula is C26H20FN5O2. The summed E-state index contributed by atoms with van der Waals surface area (Å²) in [4.78, 5) is 8.63. The van der Waals surface area contributed by atoms with Crippen LogP contribution in [0.25, 0.3) is 28.1 Å². The van der Waals surface area contributed by atoms with Gasteiger partial charge < -0.3 is 14.9 Å². The average Bonchev–Trinajstić information content (AvgIpc) is 3.52. The molecule has 0 amide bonds. The summed E-state index contributed by atoms with van der Waals surface area (Å²) in [5.74, 6) is 2.00. The van der Waals surface area contributed by atoms with Crippen LogP contribution in [0, 0.1) is 5.82 Å². The van der Waals surface area contributed by atoms with E-state index < -0.39 is 0 Å². The van der Waals surface area contributed by atoms with Gasteiger partial charge in [-0.05, 0) is 48.4 Å². The van der Waals surface area contributed by atoms with E-state index in [9.17, 15) is 4.39 Å². The fourth-order valence-corrected chi connectivity index (χ4v) is 4.43. The normalized spacial score (nSPS) is 14.2. The smallest absolute Gasteiger partial charge is 0.164 e. The molecule has 0 bridgehead atoms. The van der Waals surface area contributed by atoms with Gasteiger partial charge in [-0.15, -0.1) is 0 Å². The number of allylic oxidation sites excluding steroid dienone is 2. The maximum Gasteiger partial charge on any atom is 0.164 e. The van der Waals surface area contributed by atoms with E-state index in [1.54, 1.807) is 23.1 Å². The van der Waals surface area contributed by atoms with Crippen LogP contribution in [-0.4, -0.2) is 19.7 Å². The Morgan fingerprint density at radius 3 is 2.76 bits per heavy atom. The van der Waals surface area contributed by atoms with Gasteiger partial charge in [-0.2, -0.15) is 5.10 Å². The second-order valence-corrected chi connectivity index (χ2v) is 8.14. The van der Waals surface area contributed by atoms with Gasteiger partial charge in [-0.25, -0.2) is 19.0 Å². The summed E-state index contributed by atoms with van der Waals surface area (Å²) in [6.45, 7) is 1.97. The number of furan rings is 1. The SMILES string of the molecule is CC(C1=C(c2cccc(F)c2)Cc2ccccc2O1)n1nc(-c2ccco2)c2c(N)ncnc21. The fourth-order valence-electron chi connectivity index (χ4n) is 4.43. The van der Waals surface area contributed by atoms with Crippen molar-refractivity contribution in [2.75, 3.05) is 5.73 Å². The van der Waals surface area contributed by atoms with Crippen molar-refractivity contribution >= 4 is 22.4 Å². The number of nitrogens with zero attached hydrogens (tertiary/aromatic N) is 4. The van der Waals surface area contributed by atoms with Gasteiger partial charge in [0.05, 0.1) is 11.6 Å². The monoisotopic (exact) mass is 453 g/mol. The molecule has 0 fully saturated rings. The van der Waals surface area contributed by atoms with Gasteiger partial charge in [-0.1, -0.05) is 30.3 Å². The van der Waals surface area contributed by atoms with Gasteiger partial charge in [0, 0.05) is 12.0 Å². The van der Waals surface area contributed by atoms with Crippen molar-refractivity contribution in [1.29, 1.82) is 0 Å². The molecule has 0 saturated carbocycles. The standard InChI is InChI=1S/C26H20FN5O2/c1-15(32-26-22(25(28)29-14-30-26)23(31-32)21-10-5-11-33-21)24-19(16-7-4-8-18(27)12-16)13-17-6-2-3-9-20(17)34-24/h2-12,14-15H,13H2,1H3,(H2,28,29,30). The van der Waals surface area contributed by atoms with Crippen molar-refractivity contribution in [3.05, 3.63) is 96.0 Å². The number of halogens is 1. The van der Waals surface area contributed by atoms with Crippen molar-refractivity contribution in [3.63, 3.8) is 0 Å². The first kappa shape index (κ1) is 20.2. The lowest BCUT2D eigenvalue weighted by Crippen LogP contribution is -2.20. The van der Waals surface area contributed by atoms with Crippen LogP contribution in [0.3, 0.4) is 0 Å². The van der Waals surface area contributed by atoms with Gasteiger partial charge >= 0.3 is 0 Å². The van der Waals surface area contributed by atoms with E-state index in [1.807, 2.05) is 43.3 Å². The van der Waals surface area contributed by atoms with Crippen LogP contribution in [0.5, 0.6) is 5.75 Å². The Hall–Kier alpha value is -4.46. The maximum atomic E-state index is 14.2. The molecule has 5 aromatic rings. The minimum Gasteiger partial charge on any atom is -0.463 e. The number of para-hydroxylation sites is 1. The van der Waals surface area contributed by atoms with Crippen LogP contribution in [0.1, 0.15) is 24.1 Å². The second kappa shape index (κ2) is 7.84. The molecule has 1 unspecified atom stereocenters. The number of fused-ring (bicyclic) bond motifs is 2. The predicted octanol–water partition coefficient (Wildman–Crippen LogP) is 5.42.